The van der Waals surface area contributed by atoms with E-state index in [-0.39, 0.29) is 17.5 Å². The molecule has 19 heavy (non-hydrogen) atoms. The van der Waals surface area contributed by atoms with Crippen LogP contribution in [0.5, 0.6) is 5.75 Å². The largest absolute Gasteiger partial charge is 0.494 e. The van der Waals surface area contributed by atoms with Gasteiger partial charge >= 0.3 is 0 Å². The van der Waals surface area contributed by atoms with Crippen molar-refractivity contribution in [2.75, 3.05) is 7.11 Å². The molecule has 1 aliphatic carbocycles. The molecule has 0 bridgehead atoms. The van der Waals surface area contributed by atoms with E-state index in [0.29, 0.717) is 11.0 Å². The van der Waals surface area contributed by atoms with Crippen LogP contribution in [-0.4, -0.2) is 12.9 Å². The third kappa shape index (κ3) is 3.14. The monoisotopic (exact) mass is 264 g/mol. The number of hydrogen-bond donors (Lipinski definition) is 0. The number of methoxy groups -OCH3 is 1. The molecule has 3 heteroatoms. The van der Waals surface area contributed by atoms with Gasteiger partial charge in [-0.15, -0.1) is 0 Å². The Hall–Kier alpha value is -1.38. The van der Waals surface area contributed by atoms with Crippen LogP contribution in [0.15, 0.2) is 18.2 Å². The lowest BCUT2D eigenvalue weighted by Crippen LogP contribution is -2.26. The summed E-state index contributed by atoms with van der Waals surface area (Å²) in [6, 6.07) is 4.47. The highest BCUT2D eigenvalue weighted by Crippen LogP contribution is 2.39. The zero-order valence-electron chi connectivity index (χ0n) is 11.8. The third-order valence-electron chi connectivity index (χ3n) is 4.15. The minimum absolute atomic E-state index is 0.0424. The van der Waals surface area contributed by atoms with Gasteiger partial charge in [0.1, 0.15) is 0 Å². The van der Waals surface area contributed by atoms with E-state index in [4.69, 9.17) is 4.74 Å². The van der Waals surface area contributed by atoms with Crippen molar-refractivity contribution in [1.82, 2.24) is 0 Å². The molecule has 2 rings (SSSR count). The van der Waals surface area contributed by atoms with E-state index < -0.39 is 5.82 Å². The van der Waals surface area contributed by atoms with Crippen molar-refractivity contribution in [3.8, 4) is 5.75 Å². The van der Waals surface area contributed by atoms with Crippen molar-refractivity contribution in [3.05, 3.63) is 29.6 Å². The Morgan fingerprint density at radius 3 is 2.47 bits per heavy atom. The fourth-order valence-electron chi connectivity index (χ4n) is 2.72. The maximum Gasteiger partial charge on any atom is 0.166 e. The highest BCUT2D eigenvalue weighted by Gasteiger charge is 2.31. The molecule has 0 spiro atoms. The zero-order valence-corrected chi connectivity index (χ0v) is 11.8. The number of rotatable bonds is 3. The molecule has 0 aliphatic heterocycles. The number of Topliss-reactive ketones (excluding diaryl/α,β-unsaturated/α-hetero) is 1. The van der Waals surface area contributed by atoms with E-state index >= 15 is 0 Å². The predicted octanol–water partition coefficient (Wildman–Crippen LogP) is 4.23. The summed E-state index contributed by atoms with van der Waals surface area (Å²) in [7, 11) is 1.42. The Balaban J connectivity index is 2.10. The molecule has 1 aliphatic rings. The second-order valence-electron chi connectivity index (χ2n) is 6.15. The van der Waals surface area contributed by atoms with Gasteiger partial charge in [-0.05, 0) is 49.3 Å². The standard InChI is InChI=1S/C16H21FO2/c1-16(2)8-6-11(7-9-16)15(18)12-4-5-14(19-3)13(17)10-12/h4-5,10-11H,6-9H2,1-3H3. The number of ketones is 1. The summed E-state index contributed by atoms with van der Waals surface area (Å²) < 4.78 is 18.5. The Morgan fingerprint density at radius 1 is 1.32 bits per heavy atom. The molecule has 0 amide bonds. The summed E-state index contributed by atoms with van der Waals surface area (Å²) in [5.41, 5.74) is 0.796. The average Bonchev–Trinajstić information content (AvgIpc) is 2.38. The smallest absolute Gasteiger partial charge is 0.166 e. The SMILES string of the molecule is COc1ccc(C(=O)C2CCC(C)(C)CC2)cc1F. The number of hydrogen-bond acceptors (Lipinski definition) is 2. The molecule has 0 saturated heterocycles. The minimum Gasteiger partial charge on any atom is -0.494 e. The van der Waals surface area contributed by atoms with Crippen LogP contribution < -0.4 is 4.74 Å². The van der Waals surface area contributed by atoms with Crippen molar-refractivity contribution < 1.29 is 13.9 Å². The predicted molar refractivity (Wildman–Crippen MR) is 73.0 cm³/mol. The fourth-order valence-corrected chi connectivity index (χ4v) is 2.72. The van der Waals surface area contributed by atoms with E-state index in [9.17, 15) is 9.18 Å². The van der Waals surface area contributed by atoms with Crippen LogP contribution >= 0.6 is 0 Å². The molecule has 104 valence electrons. The van der Waals surface area contributed by atoms with Gasteiger partial charge in [-0.2, -0.15) is 0 Å². The Labute approximate surface area is 114 Å². The van der Waals surface area contributed by atoms with Gasteiger partial charge in [0.25, 0.3) is 0 Å². The molecule has 0 unspecified atom stereocenters. The molecular formula is C16H21FO2. The lowest BCUT2D eigenvalue weighted by atomic mass is 9.71. The van der Waals surface area contributed by atoms with Crippen LogP contribution in [0.25, 0.3) is 0 Å². The zero-order chi connectivity index (χ0) is 14.0. The van der Waals surface area contributed by atoms with Gasteiger partial charge in [-0.3, -0.25) is 4.79 Å². The molecule has 0 atom stereocenters. The summed E-state index contributed by atoms with van der Waals surface area (Å²) in [6.45, 7) is 4.47. The Kier molecular flexibility index (Phi) is 3.93. The molecule has 0 radical (unpaired) electrons. The van der Waals surface area contributed by atoms with E-state index in [1.165, 1.54) is 19.2 Å². The van der Waals surface area contributed by atoms with Crippen LogP contribution in [0.2, 0.25) is 0 Å². The van der Waals surface area contributed by atoms with E-state index in [1.807, 2.05) is 0 Å². The number of carbonyl (C=O) groups excluding carboxylic acids is 1. The van der Waals surface area contributed by atoms with Gasteiger partial charge in [0.2, 0.25) is 0 Å². The number of benzene rings is 1. The second-order valence-corrected chi connectivity index (χ2v) is 6.15. The maximum absolute atomic E-state index is 13.6. The van der Waals surface area contributed by atoms with Crippen LogP contribution in [0.4, 0.5) is 4.39 Å². The number of carbonyl (C=O) groups is 1. The Bertz CT molecular complexity index is 470. The molecule has 1 saturated carbocycles. The molecule has 2 nitrogen and oxygen atoms in total. The second kappa shape index (κ2) is 5.32. The normalized spacial score (nSPS) is 19.2. The van der Waals surface area contributed by atoms with Crippen molar-refractivity contribution in [3.63, 3.8) is 0 Å². The lowest BCUT2D eigenvalue weighted by Gasteiger charge is -2.33. The van der Waals surface area contributed by atoms with Crippen LogP contribution in [0.3, 0.4) is 0 Å². The average molecular weight is 264 g/mol. The van der Waals surface area contributed by atoms with Gasteiger partial charge in [0.15, 0.2) is 17.3 Å². The molecule has 1 fully saturated rings. The van der Waals surface area contributed by atoms with Gasteiger partial charge in [0, 0.05) is 11.5 Å². The summed E-state index contributed by atoms with van der Waals surface area (Å²) in [5, 5.41) is 0. The van der Waals surface area contributed by atoms with Crippen molar-refractivity contribution in [1.29, 1.82) is 0 Å². The summed E-state index contributed by atoms with van der Waals surface area (Å²) >= 11 is 0. The van der Waals surface area contributed by atoms with E-state index in [1.54, 1.807) is 6.07 Å². The first kappa shape index (κ1) is 14.0. The molecule has 1 aromatic rings. The van der Waals surface area contributed by atoms with Gasteiger partial charge in [0.05, 0.1) is 7.11 Å². The van der Waals surface area contributed by atoms with Gasteiger partial charge in [-0.25, -0.2) is 4.39 Å². The highest BCUT2D eigenvalue weighted by molar-refractivity contribution is 5.98. The van der Waals surface area contributed by atoms with Crippen LogP contribution in [0, 0.1) is 17.2 Å². The topological polar surface area (TPSA) is 26.3 Å². The van der Waals surface area contributed by atoms with E-state index in [0.717, 1.165) is 25.7 Å². The first-order chi connectivity index (χ1) is 8.93. The summed E-state index contributed by atoms with van der Waals surface area (Å²) in [6.07, 6.45) is 3.92. The van der Waals surface area contributed by atoms with Crippen LogP contribution in [0.1, 0.15) is 49.9 Å². The fraction of sp³-hybridized carbons (Fsp3) is 0.562. The van der Waals surface area contributed by atoms with Crippen LogP contribution in [-0.2, 0) is 0 Å². The van der Waals surface area contributed by atoms with Gasteiger partial charge in [-0.1, -0.05) is 13.8 Å². The lowest BCUT2D eigenvalue weighted by molar-refractivity contribution is 0.0837. The van der Waals surface area contributed by atoms with E-state index in [2.05, 4.69) is 13.8 Å². The van der Waals surface area contributed by atoms with Crippen molar-refractivity contribution in [2.45, 2.75) is 39.5 Å². The highest BCUT2D eigenvalue weighted by atomic mass is 19.1. The summed E-state index contributed by atoms with van der Waals surface area (Å²) in [5.74, 6) is -0.177. The number of ether oxygens (including phenoxy) is 1. The molecule has 0 N–H and O–H groups in total. The first-order valence-corrected chi connectivity index (χ1v) is 6.81. The first-order valence-electron chi connectivity index (χ1n) is 6.81. The molecular weight excluding hydrogens is 243 g/mol. The maximum atomic E-state index is 13.6. The minimum atomic E-state index is -0.468. The number of halogens is 1. The molecule has 0 aromatic heterocycles. The molecule has 1 aromatic carbocycles. The van der Waals surface area contributed by atoms with Gasteiger partial charge < -0.3 is 4.74 Å². The van der Waals surface area contributed by atoms with Crippen molar-refractivity contribution >= 4 is 5.78 Å². The molecule has 0 heterocycles. The Morgan fingerprint density at radius 2 is 1.95 bits per heavy atom. The quantitative estimate of drug-likeness (QED) is 0.763. The summed E-state index contributed by atoms with van der Waals surface area (Å²) in [4.78, 5) is 12.4. The van der Waals surface area contributed by atoms with Crippen molar-refractivity contribution in [2.24, 2.45) is 11.3 Å². The third-order valence-corrected chi connectivity index (χ3v) is 4.15.